The summed E-state index contributed by atoms with van der Waals surface area (Å²) >= 11 is 0. The summed E-state index contributed by atoms with van der Waals surface area (Å²) < 4.78 is 4.63. The van der Waals surface area contributed by atoms with Crippen molar-refractivity contribution in [1.29, 1.82) is 0 Å². The van der Waals surface area contributed by atoms with Gasteiger partial charge in [-0.1, -0.05) is 0 Å². The van der Waals surface area contributed by atoms with Gasteiger partial charge in [0.05, 0.1) is 12.7 Å². The van der Waals surface area contributed by atoms with Crippen LogP contribution in [0.15, 0.2) is 0 Å². The third-order valence-electron chi connectivity index (χ3n) is 2.80. The molecule has 0 radical (unpaired) electrons. The second-order valence-corrected chi connectivity index (χ2v) is 4.17. The fourth-order valence-corrected chi connectivity index (χ4v) is 1.70. The van der Waals surface area contributed by atoms with E-state index in [9.17, 15) is 30.3 Å². The van der Waals surface area contributed by atoms with Crippen molar-refractivity contribution in [2.75, 3.05) is 6.61 Å². The Morgan fingerprint density at radius 3 is 2.39 bits per heavy atom. The molecule has 0 aliphatic carbocycles. The minimum absolute atomic E-state index is 0.790. The van der Waals surface area contributed by atoms with Gasteiger partial charge >= 0.3 is 5.97 Å². The molecule has 0 saturated carbocycles. The Labute approximate surface area is 101 Å². The van der Waals surface area contributed by atoms with E-state index in [1.165, 1.54) is 0 Å². The van der Waals surface area contributed by atoms with Gasteiger partial charge in [-0.3, -0.25) is 0 Å². The quantitative estimate of drug-likeness (QED) is 0.268. The smallest absolute Gasteiger partial charge is 0.364 e. The van der Waals surface area contributed by atoms with Gasteiger partial charge in [-0.15, -0.1) is 0 Å². The van der Waals surface area contributed by atoms with E-state index < -0.39 is 55.3 Å². The first-order valence-corrected chi connectivity index (χ1v) is 5.19. The summed E-state index contributed by atoms with van der Waals surface area (Å²) in [7, 11) is 0. The van der Waals surface area contributed by atoms with Gasteiger partial charge in [0.2, 0.25) is 0 Å². The average Bonchev–Trinajstić information content (AvgIpc) is 2.31. The molecule has 9 nitrogen and oxygen atoms in total. The van der Waals surface area contributed by atoms with Crippen molar-refractivity contribution in [1.82, 2.24) is 0 Å². The van der Waals surface area contributed by atoms with Crippen LogP contribution in [0.1, 0.15) is 6.42 Å². The van der Waals surface area contributed by atoms with Crippen LogP contribution in [-0.2, 0) is 9.53 Å². The number of hydrogen-bond donors (Lipinski definition) is 7. The van der Waals surface area contributed by atoms with E-state index in [4.69, 9.17) is 10.2 Å². The van der Waals surface area contributed by atoms with Crippen LogP contribution in [0.3, 0.4) is 0 Å². The number of aliphatic carboxylic acids is 1. The fourth-order valence-electron chi connectivity index (χ4n) is 1.70. The van der Waals surface area contributed by atoms with E-state index in [0.717, 1.165) is 0 Å². The average molecular weight is 268 g/mol. The van der Waals surface area contributed by atoms with Crippen molar-refractivity contribution in [2.45, 2.75) is 42.7 Å². The number of ether oxygens (including phenoxy) is 1. The highest BCUT2D eigenvalue weighted by atomic mass is 16.7. The molecule has 0 aromatic rings. The molecule has 6 atom stereocenters. The third kappa shape index (κ3) is 2.78. The zero-order valence-corrected chi connectivity index (χ0v) is 9.25. The summed E-state index contributed by atoms with van der Waals surface area (Å²) in [6.07, 6.45) is -9.50. The Hall–Kier alpha value is -0.810. The maximum atomic E-state index is 10.8. The van der Waals surface area contributed by atoms with Crippen LogP contribution < -0.4 is 0 Å². The highest BCUT2D eigenvalue weighted by molar-refractivity contribution is 5.75. The van der Waals surface area contributed by atoms with Gasteiger partial charge in [0.25, 0.3) is 5.79 Å². The lowest BCUT2D eigenvalue weighted by Crippen LogP contribution is -2.63. The number of aliphatic hydroxyl groups excluding tert-OH is 5. The lowest BCUT2D eigenvalue weighted by Gasteiger charge is -2.42. The predicted molar refractivity (Wildman–Crippen MR) is 53.2 cm³/mol. The molecule has 0 bridgehead atoms. The van der Waals surface area contributed by atoms with Gasteiger partial charge in [-0.2, -0.15) is 0 Å². The van der Waals surface area contributed by atoms with Crippen LogP contribution in [0.5, 0.6) is 0 Å². The van der Waals surface area contributed by atoms with Crippen LogP contribution in [0.25, 0.3) is 0 Å². The normalized spacial score (nSPS) is 40.2. The largest absolute Gasteiger partial charge is 0.477 e. The minimum Gasteiger partial charge on any atom is -0.477 e. The van der Waals surface area contributed by atoms with Gasteiger partial charge in [0.15, 0.2) is 0 Å². The van der Waals surface area contributed by atoms with Crippen LogP contribution >= 0.6 is 0 Å². The van der Waals surface area contributed by atoms with Gasteiger partial charge in [-0.05, 0) is 0 Å². The summed E-state index contributed by atoms with van der Waals surface area (Å²) in [5, 5.41) is 64.6. The second kappa shape index (κ2) is 5.45. The molecule has 0 aromatic carbocycles. The van der Waals surface area contributed by atoms with Crippen LogP contribution in [-0.4, -0.2) is 84.6 Å². The molecular weight excluding hydrogens is 252 g/mol. The Morgan fingerprint density at radius 1 is 1.39 bits per heavy atom. The number of aliphatic hydroxyl groups is 6. The van der Waals surface area contributed by atoms with Crippen molar-refractivity contribution in [3.05, 3.63) is 0 Å². The summed E-state index contributed by atoms with van der Waals surface area (Å²) in [5.41, 5.74) is 0. The molecule has 1 saturated heterocycles. The first-order valence-electron chi connectivity index (χ1n) is 5.19. The second-order valence-electron chi connectivity index (χ2n) is 4.17. The van der Waals surface area contributed by atoms with E-state index in [1.807, 2.05) is 0 Å². The number of carboxylic acid groups (broad SMARTS) is 1. The highest BCUT2D eigenvalue weighted by Gasteiger charge is 2.53. The summed E-state index contributed by atoms with van der Waals surface area (Å²) in [6.45, 7) is -0.866. The van der Waals surface area contributed by atoms with E-state index in [2.05, 4.69) is 4.74 Å². The molecule has 1 aliphatic heterocycles. The lowest BCUT2D eigenvalue weighted by molar-refractivity contribution is -0.312. The van der Waals surface area contributed by atoms with Crippen molar-refractivity contribution < 1.29 is 45.3 Å². The van der Waals surface area contributed by atoms with Crippen LogP contribution in [0.4, 0.5) is 0 Å². The Balaban J connectivity index is 2.92. The zero-order valence-electron chi connectivity index (χ0n) is 9.25. The molecule has 18 heavy (non-hydrogen) atoms. The molecule has 0 spiro atoms. The number of hydrogen-bond acceptors (Lipinski definition) is 8. The van der Waals surface area contributed by atoms with Crippen molar-refractivity contribution >= 4 is 5.97 Å². The molecule has 1 aliphatic rings. The molecule has 9 heteroatoms. The predicted octanol–water partition coefficient (Wildman–Crippen LogP) is -4.02. The third-order valence-corrected chi connectivity index (χ3v) is 2.80. The Kier molecular flexibility index (Phi) is 4.61. The highest BCUT2D eigenvalue weighted by Crippen LogP contribution is 2.30. The minimum atomic E-state index is -2.78. The lowest BCUT2D eigenvalue weighted by atomic mass is 9.91. The van der Waals surface area contributed by atoms with Crippen LogP contribution in [0.2, 0.25) is 0 Å². The number of carboxylic acids is 1. The SMILES string of the molecule is O=C(O)[C@]1(O)CC(O)[C@@H](O)C([C@H](O)[C@H](O)CO)O1. The maximum Gasteiger partial charge on any atom is 0.364 e. The standard InChI is InChI=1S/C9H16O9/c10-2-4(12)6(14)7-5(13)3(11)1-9(17,18-7)8(15)16/h3-7,10-14,17H,1-2H2,(H,15,16)/t3?,4-,5-,6-,7?,9+/m1/s1. The molecule has 1 heterocycles. The topological polar surface area (TPSA) is 168 Å². The van der Waals surface area contributed by atoms with Gasteiger partial charge in [-0.25, -0.2) is 4.79 Å². The molecular formula is C9H16O9. The van der Waals surface area contributed by atoms with E-state index >= 15 is 0 Å². The molecule has 7 N–H and O–H groups in total. The van der Waals surface area contributed by atoms with Crippen molar-refractivity contribution in [2.24, 2.45) is 0 Å². The Morgan fingerprint density at radius 2 is 1.94 bits per heavy atom. The summed E-state index contributed by atoms with van der Waals surface area (Å²) in [4.78, 5) is 10.8. The molecule has 2 unspecified atom stereocenters. The van der Waals surface area contributed by atoms with Crippen LogP contribution in [0, 0.1) is 0 Å². The maximum absolute atomic E-state index is 10.8. The molecule has 1 rings (SSSR count). The zero-order chi connectivity index (χ0) is 14.1. The summed E-state index contributed by atoms with van der Waals surface area (Å²) in [5.74, 6) is -4.58. The van der Waals surface area contributed by atoms with Gasteiger partial charge in [0.1, 0.15) is 24.4 Å². The van der Waals surface area contributed by atoms with Gasteiger partial charge < -0.3 is 40.5 Å². The first kappa shape index (κ1) is 15.2. The van der Waals surface area contributed by atoms with Crippen molar-refractivity contribution in [3.63, 3.8) is 0 Å². The summed E-state index contributed by atoms with van der Waals surface area (Å²) in [6, 6.07) is 0. The van der Waals surface area contributed by atoms with E-state index in [1.54, 1.807) is 0 Å². The van der Waals surface area contributed by atoms with E-state index in [-0.39, 0.29) is 0 Å². The Bertz CT molecular complexity index is 308. The fraction of sp³-hybridized carbons (Fsp3) is 0.889. The van der Waals surface area contributed by atoms with Crippen molar-refractivity contribution in [3.8, 4) is 0 Å². The first-order chi connectivity index (χ1) is 8.23. The monoisotopic (exact) mass is 268 g/mol. The van der Waals surface area contributed by atoms with E-state index in [0.29, 0.717) is 0 Å². The molecule has 1 fully saturated rings. The molecule has 0 amide bonds. The molecule has 106 valence electrons. The molecule has 0 aromatic heterocycles. The number of carbonyl (C=O) groups is 1. The number of rotatable bonds is 4. The van der Waals surface area contributed by atoms with Gasteiger partial charge in [0, 0.05) is 6.42 Å².